The van der Waals surface area contributed by atoms with Crippen molar-refractivity contribution >= 4 is 21.9 Å². The van der Waals surface area contributed by atoms with Crippen molar-refractivity contribution in [2.45, 2.75) is 57.0 Å². The van der Waals surface area contributed by atoms with Crippen LogP contribution in [0.15, 0.2) is 29.2 Å². The smallest absolute Gasteiger partial charge is 0.338 e. The number of ether oxygens (including phenoxy) is 1. The minimum absolute atomic E-state index is 0.0177. The van der Waals surface area contributed by atoms with Gasteiger partial charge in [0.15, 0.2) is 6.61 Å². The Labute approximate surface area is 161 Å². The minimum atomic E-state index is -3.70. The lowest BCUT2D eigenvalue weighted by Gasteiger charge is -2.33. The summed E-state index contributed by atoms with van der Waals surface area (Å²) in [7, 11) is -2.21. The lowest BCUT2D eigenvalue weighted by molar-refractivity contribution is -0.137. The third kappa shape index (κ3) is 5.07. The number of hydrogen-bond donors (Lipinski definition) is 0. The predicted molar refractivity (Wildman–Crippen MR) is 102 cm³/mol. The molecule has 1 aromatic carbocycles. The van der Waals surface area contributed by atoms with Gasteiger partial charge in [-0.25, -0.2) is 13.2 Å². The average Bonchev–Trinajstić information content (AvgIpc) is 2.65. The quantitative estimate of drug-likeness (QED) is 0.689. The number of piperidine rings is 1. The molecule has 0 radical (unpaired) electrons. The fourth-order valence-electron chi connectivity index (χ4n) is 2.99. The predicted octanol–water partition coefficient (Wildman–Crippen LogP) is 2.27. The molecular weight excluding hydrogens is 368 g/mol. The number of esters is 1. The highest BCUT2D eigenvalue weighted by Gasteiger charge is 2.26. The third-order valence-electron chi connectivity index (χ3n) is 4.92. The number of amides is 1. The fraction of sp³-hybridized carbons (Fsp3) is 0.579. The summed E-state index contributed by atoms with van der Waals surface area (Å²) in [6.45, 7) is 5.85. The number of hydrogen-bond acceptors (Lipinski definition) is 5. The van der Waals surface area contributed by atoms with Crippen molar-refractivity contribution in [3.8, 4) is 0 Å². The van der Waals surface area contributed by atoms with Crippen molar-refractivity contribution < 1.29 is 22.7 Å². The zero-order valence-electron chi connectivity index (χ0n) is 16.3. The molecule has 1 heterocycles. The first-order chi connectivity index (χ1) is 12.6. The highest BCUT2D eigenvalue weighted by Crippen LogP contribution is 2.19. The van der Waals surface area contributed by atoms with Crippen LogP contribution in [-0.4, -0.2) is 61.8 Å². The van der Waals surface area contributed by atoms with Crippen LogP contribution in [-0.2, 0) is 19.6 Å². The molecule has 2 rings (SSSR count). The number of rotatable bonds is 6. The second-order valence-corrected chi connectivity index (χ2v) is 9.15. The van der Waals surface area contributed by atoms with E-state index in [4.69, 9.17) is 4.74 Å². The number of carbonyl (C=O) groups excluding carboxylic acids is 2. The highest BCUT2D eigenvalue weighted by molar-refractivity contribution is 7.89. The lowest BCUT2D eigenvalue weighted by Crippen LogP contribution is -2.44. The van der Waals surface area contributed by atoms with Gasteiger partial charge in [-0.15, -0.1) is 0 Å². The van der Waals surface area contributed by atoms with Crippen LogP contribution >= 0.6 is 0 Å². The summed E-state index contributed by atoms with van der Waals surface area (Å²) in [4.78, 5) is 26.3. The SMILES string of the molecule is CC(C)N(C)S(=O)(=O)c1cccc(C(=O)OCC(=O)N2CCCC[C@@H]2C)c1. The highest BCUT2D eigenvalue weighted by atomic mass is 32.2. The zero-order valence-corrected chi connectivity index (χ0v) is 17.2. The Morgan fingerprint density at radius 2 is 2.00 bits per heavy atom. The first-order valence-corrected chi connectivity index (χ1v) is 10.6. The number of nitrogens with zero attached hydrogens (tertiary/aromatic N) is 2. The molecule has 1 aliphatic heterocycles. The maximum Gasteiger partial charge on any atom is 0.338 e. The van der Waals surface area contributed by atoms with E-state index in [-0.39, 0.29) is 35.1 Å². The van der Waals surface area contributed by atoms with Crippen molar-refractivity contribution in [2.24, 2.45) is 0 Å². The molecule has 0 N–H and O–H groups in total. The van der Waals surface area contributed by atoms with E-state index in [0.717, 1.165) is 19.3 Å². The Bertz CT molecular complexity index is 791. The van der Waals surface area contributed by atoms with Crippen molar-refractivity contribution in [2.75, 3.05) is 20.2 Å². The maximum absolute atomic E-state index is 12.6. The molecule has 1 atom stereocenters. The molecule has 150 valence electrons. The van der Waals surface area contributed by atoms with Gasteiger partial charge in [0.1, 0.15) is 0 Å². The molecule has 27 heavy (non-hydrogen) atoms. The van der Waals surface area contributed by atoms with E-state index in [9.17, 15) is 18.0 Å². The van der Waals surface area contributed by atoms with Gasteiger partial charge < -0.3 is 9.64 Å². The van der Waals surface area contributed by atoms with Gasteiger partial charge in [-0.05, 0) is 58.2 Å². The molecular formula is C19H28N2O5S. The van der Waals surface area contributed by atoms with Crippen LogP contribution in [0.5, 0.6) is 0 Å². The van der Waals surface area contributed by atoms with Gasteiger partial charge in [0.25, 0.3) is 5.91 Å². The minimum Gasteiger partial charge on any atom is -0.452 e. The molecule has 7 nitrogen and oxygen atoms in total. The maximum atomic E-state index is 12.6. The monoisotopic (exact) mass is 396 g/mol. The molecule has 0 spiro atoms. The summed E-state index contributed by atoms with van der Waals surface area (Å²) in [6.07, 6.45) is 2.99. The number of carbonyl (C=O) groups is 2. The summed E-state index contributed by atoms with van der Waals surface area (Å²) in [5.74, 6) is -0.934. The normalized spacial score (nSPS) is 18.0. The standard InChI is InChI=1S/C19H28N2O5S/c1-14(2)20(4)27(24,25)17-10-7-9-16(12-17)19(23)26-13-18(22)21-11-6-5-8-15(21)3/h7,9-10,12,14-15H,5-6,8,11,13H2,1-4H3/t15-/m0/s1. The fourth-order valence-corrected chi connectivity index (χ4v) is 4.40. The molecule has 0 unspecified atom stereocenters. The molecule has 1 aromatic rings. The molecule has 1 amide bonds. The zero-order chi connectivity index (χ0) is 20.2. The lowest BCUT2D eigenvalue weighted by atomic mass is 10.0. The van der Waals surface area contributed by atoms with E-state index >= 15 is 0 Å². The first kappa shape index (κ1) is 21.4. The third-order valence-corrected chi connectivity index (χ3v) is 6.95. The van der Waals surface area contributed by atoms with E-state index in [2.05, 4.69) is 0 Å². The molecule has 1 fully saturated rings. The van der Waals surface area contributed by atoms with Gasteiger partial charge in [0.05, 0.1) is 10.5 Å². The summed E-state index contributed by atoms with van der Waals surface area (Å²) >= 11 is 0. The van der Waals surface area contributed by atoms with E-state index in [1.54, 1.807) is 18.7 Å². The van der Waals surface area contributed by atoms with E-state index < -0.39 is 16.0 Å². The average molecular weight is 397 g/mol. The summed E-state index contributed by atoms with van der Waals surface area (Å²) in [5.41, 5.74) is 0.104. The molecule has 1 saturated heterocycles. The molecule has 8 heteroatoms. The van der Waals surface area contributed by atoms with Crippen molar-refractivity contribution in [1.82, 2.24) is 9.21 Å². The Kier molecular flexibility index (Phi) is 7.00. The van der Waals surface area contributed by atoms with Crippen LogP contribution in [0.3, 0.4) is 0 Å². The Morgan fingerprint density at radius 1 is 1.30 bits per heavy atom. The van der Waals surface area contributed by atoms with Gasteiger partial charge in [0.2, 0.25) is 10.0 Å². The number of benzene rings is 1. The topological polar surface area (TPSA) is 84.0 Å². The second-order valence-electron chi connectivity index (χ2n) is 7.15. The van der Waals surface area contributed by atoms with Gasteiger partial charge in [-0.1, -0.05) is 6.07 Å². The van der Waals surface area contributed by atoms with Crippen LogP contribution in [0.2, 0.25) is 0 Å². The van der Waals surface area contributed by atoms with Gasteiger partial charge in [0, 0.05) is 25.7 Å². The Morgan fingerprint density at radius 3 is 2.63 bits per heavy atom. The van der Waals surface area contributed by atoms with Crippen molar-refractivity contribution in [3.05, 3.63) is 29.8 Å². The van der Waals surface area contributed by atoms with Crippen LogP contribution in [0.4, 0.5) is 0 Å². The van der Waals surface area contributed by atoms with E-state index in [1.807, 2.05) is 6.92 Å². The van der Waals surface area contributed by atoms with Crippen LogP contribution < -0.4 is 0 Å². The van der Waals surface area contributed by atoms with Crippen LogP contribution in [0.25, 0.3) is 0 Å². The largest absolute Gasteiger partial charge is 0.452 e. The summed E-state index contributed by atoms with van der Waals surface area (Å²) < 4.78 is 31.5. The summed E-state index contributed by atoms with van der Waals surface area (Å²) in [5, 5.41) is 0. The second kappa shape index (κ2) is 8.84. The van der Waals surface area contributed by atoms with Crippen LogP contribution in [0.1, 0.15) is 50.4 Å². The summed E-state index contributed by atoms with van der Waals surface area (Å²) in [6, 6.07) is 5.62. The molecule has 0 aliphatic carbocycles. The number of sulfonamides is 1. The van der Waals surface area contributed by atoms with E-state index in [1.165, 1.54) is 35.6 Å². The molecule has 0 saturated carbocycles. The van der Waals surface area contributed by atoms with Gasteiger partial charge in [-0.2, -0.15) is 4.31 Å². The van der Waals surface area contributed by atoms with Crippen molar-refractivity contribution in [3.63, 3.8) is 0 Å². The van der Waals surface area contributed by atoms with Gasteiger partial charge in [-0.3, -0.25) is 4.79 Å². The van der Waals surface area contributed by atoms with E-state index in [0.29, 0.717) is 6.54 Å². The van der Waals surface area contributed by atoms with Crippen molar-refractivity contribution in [1.29, 1.82) is 0 Å². The van der Waals surface area contributed by atoms with Crippen LogP contribution in [0, 0.1) is 0 Å². The first-order valence-electron chi connectivity index (χ1n) is 9.19. The van der Waals surface area contributed by atoms with Gasteiger partial charge >= 0.3 is 5.97 Å². The molecule has 0 aromatic heterocycles. The number of likely N-dealkylation sites (tertiary alicyclic amines) is 1. The Balaban J connectivity index is 2.06. The molecule has 0 bridgehead atoms. The Hall–Kier alpha value is -1.93. The molecule has 1 aliphatic rings.